The average molecular weight is 314 g/mol. The molecule has 1 aliphatic rings. The van der Waals surface area contributed by atoms with Crippen molar-refractivity contribution in [1.82, 2.24) is 0 Å². The quantitative estimate of drug-likeness (QED) is 0.724. The van der Waals surface area contributed by atoms with Gasteiger partial charge in [-0.15, -0.1) is 0 Å². The van der Waals surface area contributed by atoms with Gasteiger partial charge in [0.25, 0.3) is 0 Å². The Kier molecular flexibility index (Phi) is 3.54. The summed E-state index contributed by atoms with van der Waals surface area (Å²) < 4.78 is 0. The Bertz CT molecular complexity index is 930. The number of aromatic hydroxyl groups is 1. The van der Waals surface area contributed by atoms with Crippen LogP contribution in [-0.2, 0) is 0 Å². The Morgan fingerprint density at radius 2 is 1.50 bits per heavy atom. The number of aliphatic imine (C=N–C) groups is 1. The van der Waals surface area contributed by atoms with Crippen LogP contribution in [0.15, 0.2) is 77.8 Å². The molecule has 4 rings (SSSR count). The Balaban J connectivity index is 1.88. The highest BCUT2D eigenvalue weighted by Crippen LogP contribution is 2.39. The number of para-hydroxylation sites is 4. The van der Waals surface area contributed by atoms with Gasteiger partial charge in [0.05, 0.1) is 23.6 Å². The molecule has 3 aromatic rings. The molecule has 0 fully saturated rings. The summed E-state index contributed by atoms with van der Waals surface area (Å²) in [6, 6.07) is 23.8. The van der Waals surface area contributed by atoms with Gasteiger partial charge < -0.3 is 10.0 Å². The maximum Gasteiger partial charge on any atom is 0.124 e. The summed E-state index contributed by atoms with van der Waals surface area (Å²) in [5.74, 6) is 0.264. The van der Waals surface area contributed by atoms with Crippen molar-refractivity contribution in [3.63, 3.8) is 0 Å². The summed E-state index contributed by atoms with van der Waals surface area (Å²) in [5, 5.41) is 10.2. The summed E-state index contributed by atoms with van der Waals surface area (Å²) in [4.78, 5) is 7.06. The van der Waals surface area contributed by atoms with Gasteiger partial charge in [-0.1, -0.05) is 42.5 Å². The first-order chi connectivity index (χ1) is 11.7. The van der Waals surface area contributed by atoms with Crippen LogP contribution < -0.4 is 4.90 Å². The van der Waals surface area contributed by atoms with Crippen molar-refractivity contribution in [3.05, 3.63) is 83.9 Å². The van der Waals surface area contributed by atoms with E-state index < -0.39 is 0 Å². The number of nitrogens with zero attached hydrogens (tertiary/aromatic N) is 2. The fraction of sp³-hybridized carbons (Fsp3) is 0.0952. The summed E-state index contributed by atoms with van der Waals surface area (Å²) in [6.45, 7) is 2.74. The van der Waals surface area contributed by atoms with E-state index in [0.29, 0.717) is 6.54 Å². The van der Waals surface area contributed by atoms with E-state index in [0.717, 1.165) is 28.3 Å². The van der Waals surface area contributed by atoms with Crippen molar-refractivity contribution < 1.29 is 5.11 Å². The highest BCUT2D eigenvalue weighted by Gasteiger charge is 2.23. The van der Waals surface area contributed by atoms with Crippen molar-refractivity contribution in [3.8, 4) is 5.75 Å². The van der Waals surface area contributed by atoms with Crippen molar-refractivity contribution in [2.75, 3.05) is 11.4 Å². The smallest absolute Gasteiger partial charge is 0.124 e. The number of aryl methyl sites for hydroxylation is 1. The topological polar surface area (TPSA) is 35.8 Å². The Hall–Kier alpha value is -3.07. The third-order valence-electron chi connectivity index (χ3n) is 4.36. The fourth-order valence-corrected chi connectivity index (χ4v) is 3.15. The minimum absolute atomic E-state index is 0.264. The number of hydrogen-bond donors (Lipinski definition) is 1. The first-order valence-corrected chi connectivity index (χ1v) is 8.02. The first kappa shape index (κ1) is 14.5. The number of hydrogen-bond acceptors (Lipinski definition) is 3. The molecule has 0 unspecified atom stereocenters. The number of fused-ring (bicyclic) bond motifs is 1. The largest absolute Gasteiger partial charge is 0.507 e. The Morgan fingerprint density at radius 1 is 0.833 bits per heavy atom. The molecule has 1 aliphatic heterocycles. The molecule has 3 heteroatoms. The van der Waals surface area contributed by atoms with Crippen LogP contribution >= 0.6 is 0 Å². The summed E-state index contributed by atoms with van der Waals surface area (Å²) in [6.07, 6.45) is 0. The monoisotopic (exact) mass is 314 g/mol. The second-order valence-corrected chi connectivity index (χ2v) is 5.94. The molecular weight excluding hydrogens is 296 g/mol. The third kappa shape index (κ3) is 2.44. The zero-order valence-electron chi connectivity index (χ0n) is 13.5. The van der Waals surface area contributed by atoms with Gasteiger partial charge in [0.1, 0.15) is 5.75 Å². The van der Waals surface area contributed by atoms with Crippen LogP contribution in [0.5, 0.6) is 5.75 Å². The van der Waals surface area contributed by atoms with Gasteiger partial charge in [-0.3, -0.25) is 0 Å². The number of phenols is 1. The fourth-order valence-electron chi connectivity index (χ4n) is 3.15. The molecule has 0 radical (unpaired) electrons. The van der Waals surface area contributed by atoms with Crippen LogP contribution in [0.4, 0.5) is 17.1 Å². The minimum atomic E-state index is 0.264. The lowest BCUT2D eigenvalue weighted by atomic mass is 10.0. The van der Waals surface area contributed by atoms with Crippen LogP contribution in [-0.4, -0.2) is 17.4 Å². The van der Waals surface area contributed by atoms with Crippen molar-refractivity contribution in [1.29, 1.82) is 0 Å². The second kappa shape index (κ2) is 5.85. The molecule has 118 valence electrons. The molecule has 0 amide bonds. The number of anilines is 2. The van der Waals surface area contributed by atoms with Gasteiger partial charge in [-0.25, -0.2) is 4.99 Å². The van der Waals surface area contributed by atoms with E-state index in [1.165, 1.54) is 5.56 Å². The van der Waals surface area contributed by atoms with E-state index in [-0.39, 0.29) is 5.75 Å². The molecule has 0 saturated heterocycles. The van der Waals surface area contributed by atoms with Gasteiger partial charge in [0, 0.05) is 11.3 Å². The van der Waals surface area contributed by atoms with Crippen LogP contribution in [0.25, 0.3) is 0 Å². The maximum absolute atomic E-state index is 10.2. The van der Waals surface area contributed by atoms with Gasteiger partial charge in [0.15, 0.2) is 0 Å². The molecule has 1 heterocycles. The predicted octanol–water partition coefficient (Wildman–Crippen LogP) is 4.97. The molecule has 0 atom stereocenters. The number of rotatable bonds is 2. The molecule has 0 bridgehead atoms. The summed E-state index contributed by atoms with van der Waals surface area (Å²) >= 11 is 0. The molecule has 24 heavy (non-hydrogen) atoms. The van der Waals surface area contributed by atoms with Crippen molar-refractivity contribution >= 4 is 22.8 Å². The standard InChI is InChI=1S/C21H18N2O/c1-15-8-2-5-11-19(15)23-14-18(16-9-3-7-13-21(16)24)22-17-10-4-6-12-20(17)23/h2-13,24H,14H2,1H3. The van der Waals surface area contributed by atoms with Crippen molar-refractivity contribution in [2.24, 2.45) is 4.99 Å². The van der Waals surface area contributed by atoms with Crippen LogP contribution in [0, 0.1) is 6.92 Å². The SMILES string of the molecule is Cc1ccccc1N1CC(c2ccccc2O)=Nc2ccccc21. The molecule has 0 aromatic heterocycles. The highest BCUT2D eigenvalue weighted by atomic mass is 16.3. The zero-order valence-corrected chi connectivity index (χ0v) is 13.5. The van der Waals surface area contributed by atoms with Crippen molar-refractivity contribution in [2.45, 2.75) is 6.92 Å². The lowest BCUT2D eigenvalue weighted by molar-refractivity contribution is 0.474. The van der Waals surface area contributed by atoms with E-state index in [1.807, 2.05) is 42.5 Å². The minimum Gasteiger partial charge on any atom is -0.507 e. The third-order valence-corrected chi connectivity index (χ3v) is 4.36. The molecule has 1 N–H and O–H groups in total. The zero-order chi connectivity index (χ0) is 16.5. The van der Waals surface area contributed by atoms with Crippen LogP contribution in [0.3, 0.4) is 0 Å². The van der Waals surface area contributed by atoms with E-state index in [4.69, 9.17) is 4.99 Å². The average Bonchev–Trinajstić information content (AvgIpc) is 2.62. The lowest BCUT2D eigenvalue weighted by Gasteiger charge is -2.31. The van der Waals surface area contributed by atoms with Crippen LogP contribution in [0.2, 0.25) is 0 Å². The molecule has 0 spiro atoms. The first-order valence-electron chi connectivity index (χ1n) is 8.02. The van der Waals surface area contributed by atoms with Gasteiger partial charge in [0.2, 0.25) is 0 Å². The second-order valence-electron chi connectivity index (χ2n) is 5.94. The maximum atomic E-state index is 10.2. The molecular formula is C21H18N2O. The lowest BCUT2D eigenvalue weighted by Crippen LogP contribution is -2.29. The predicted molar refractivity (Wildman–Crippen MR) is 98.9 cm³/mol. The van der Waals surface area contributed by atoms with E-state index >= 15 is 0 Å². The Labute approximate surface area is 141 Å². The van der Waals surface area contributed by atoms with Gasteiger partial charge in [-0.2, -0.15) is 0 Å². The molecule has 3 aromatic carbocycles. The van der Waals surface area contributed by atoms with E-state index in [1.54, 1.807) is 6.07 Å². The molecule has 3 nitrogen and oxygen atoms in total. The Morgan fingerprint density at radius 3 is 2.29 bits per heavy atom. The number of benzene rings is 3. The highest BCUT2D eigenvalue weighted by molar-refractivity contribution is 6.10. The van der Waals surface area contributed by atoms with Crippen LogP contribution in [0.1, 0.15) is 11.1 Å². The molecule has 0 saturated carbocycles. The summed E-state index contributed by atoms with van der Waals surface area (Å²) in [5.41, 5.74) is 6.04. The normalized spacial score (nSPS) is 13.4. The van der Waals surface area contributed by atoms with Gasteiger partial charge in [-0.05, 0) is 42.8 Å². The van der Waals surface area contributed by atoms with Gasteiger partial charge >= 0.3 is 0 Å². The number of phenolic OH excluding ortho intramolecular Hbond substituents is 1. The van der Waals surface area contributed by atoms with E-state index in [2.05, 4.69) is 36.1 Å². The summed E-state index contributed by atoms with van der Waals surface area (Å²) in [7, 11) is 0. The molecule has 0 aliphatic carbocycles. The van der Waals surface area contributed by atoms with E-state index in [9.17, 15) is 5.11 Å².